The van der Waals surface area contributed by atoms with Crippen molar-refractivity contribution in [1.29, 1.82) is 0 Å². The summed E-state index contributed by atoms with van der Waals surface area (Å²) in [6, 6.07) is 4.67. The summed E-state index contributed by atoms with van der Waals surface area (Å²) in [6.07, 6.45) is -2.90. The molecule has 5 nitrogen and oxygen atoms in total. The van der Waals surface area contributed by atoms with Crippen LogP contribution < -0.4 is 10.2 Å². The van der Waals surface area contributed by atoms with Gasteiger partial charge in [0.15, 0.2) is 0 Å². The fourth-order valence-electron chi connectivity index (χ4n) is 2.27. The van der Waals surface area contributed by atoms with Crippen LogP contribution in [-0.2, 0) is 10.9 Å². The molecule has 0 bridgehead atoms. The molecule has 0 saturated carbocycles. The number of benzene rings is 1. The molecule has 1 aromatic heterocycles. The van der Waals surface area contributed by atoms with Gasteiger partial charge in [-0.05, 0) is 24.3 Å². The van der Waals surface area contributed by atoms with E-state index in [-0.39, 0.29) is 10.7 Å². The Morgan fingerprint density at radius 1 is 1.17 bits per heavy atom. The van der Waals surface area contributed by atoms with Gasteiger partial charge in [-0.2, -0.15) is 18.2 Å². The smallest absolute Gasteiger partial charge is 0.378 e. The Morgan fingerprint density at radius 3 is 2.62 bits per heavy atom. The third-order valence-corrected chi connectivity index (χ3v) is 3.82. The minimum atomic E-state index is -4.44. The van der Waals surface area contributed by atoms with Gasteiger partial charge in [0, 0.05) is 19.3 Å². The van der Waals surface area contributed by atoms with Gasteiger partial charge in [0.05, 0.1) is 29.5 Å². The first kappa shape index (κ1) is 16.8. The molecule has 0 atom stereocenters. The molecule has 1 N–H and O–H groups in total. The van der Waals surface area contributed by atoms with Crippen LogP contribution in [0.15, 0.2) is 30.5 Å². The molecule has 128 valence electrons. The Hall–Kier alpha value is -2.06. The van der Waals surface area contributed by atoms with Crippen LogP contribution in [0.2, 0.25) is 5.02 Å². The number of rotatable bonds is 3. The summed E-state index contributed by atoms with van der Waals surface area (Å²) in [4.78, 5) is 10.5. The maximum Gasteiger partial charge on any atom is 0.416 e. The second-order valence-electron chi connectivity index (χ2n) is 5.16. The summed E-state index contributed by atoms with van der Waals surface area (Å²) in [5, 5.41) is 3.00. The summed E-state index contributed by atoms with van der Waals surface area (Å²) in [6.45, 7) is 2.49. The van der Waals surface area contributed by atoms with E-state index in [9.17, 15) is 13.2 Å². The summed E-state index contributed by atoms with van der Waals surface area (Å²) in [7, 11) is 0. The van der Waals surface area contributed by atoms with Crippen molar-refractivity contribution >= 4 is 29.1 Å². The number of ether oxygens (including phenoxy) is 1. The van der Waals surface area contributed by atoms with Crippen LogP contribution in [0.5, 0.6) is 0 Å². The molecule has 0 unspecified atom stereocenters. The van der Waals surface area contributed by atoms with E-state index < -0.39 is 11.7 Å². The summed E-state index contributed by atoms with van der Waals surface area (Å²) >= 11 is 5.98. The van der Waals surface area contributed by atoms with Gasteiger partial charge < -0.3 is 15.0 Å². The largest absolute Gasteiger partial charge is 0.416 e. The molecule has 1 aromatic carbocycles. The molecule has 2 heterocycles. The van der Waals surface area contributed by atoms with Crippen molar-refractivity contribution in [1.82, 2.24) is 9.97 Å². The van der Waals surface area contributed by atoms with Gasteiger partial charge in [0.2, 0.25) is 5.95 Å². The number of hydrogen-bond donors (Lipinski definition) is 1. The van der Waals surface area contributed by atoms with E-state index in [1.54, 1.807) is 12.3 Å². The lowest BCUT2D eigenvalue weighted by molar-refractivity contribution is -0.137. The Balaban J connectivity index is 1.83. The van der Waals surface area contributed by atoms with Crippen LogP contribution in [0, 0.1) is 0 Å². The molecule has 0 aliphatic carbocycles. The van der Waals surface area contributed by atoms with Crippen molar-refractivity contribution in [3.05, 3.63) is 41.0 Å². The molecule has 0 amide bonds. The second kappa shape index (κ2) is 6.82. The van der Waals surface area contributed by atoms with Crippen LogP contribution in [0.4, 0.5) is 30.6 Å². The molecule has 0 spiro atoms. The highest BCUT2D eigenvalue weighted by Gasteiger charge is 2.31. The van der Waals surface area contributed by atoms with Gasteiger partial charge in [-0.3, -0.25) is 0 Å². The number of anilines is 3. The lowest BCUT2D eigenvalue weighted by atomic mass is 10.2. The maximum atomic E-state index is 12.8. The van der Waals surface area contributed by atoms with Gasteiger partial charge in [-0.15, -0.1) is 0 Å². The van der Waals surface area contributed by atoms with Crippen molar-refractivity contribution in [2.75, 3.05) is 36.5 Å². The lowest BCUT2D eigenvalue weighted by Crippen LogP contribution is -2.37. The van der Waals surface area contributed by atoms with Gasteiger partial charge in [0.1, 0.15) is 5.82 Å². The Morgan fingerprint density at radius 2 is 1.92 bits per heavy atom. The standard InChI is InChI=1S/C15H14ClF3N4O/c16-11-2-1-10(15(17,18)19)9-12(11)21-13-3-4-20-14(22-13)23-5-7-24-8-6-23/h1-4,9H,5-8H2,(H,20,21,22). The first-order chi connectivity index (χ1) is 11.4. The minimum absolute atomic E-state index is 0.137. The number of halogens is 4. The zero-order chi connectivity index (χ0) is 17.2. The average molecular weight is 359 g/mol. The zero-order valence-electron chi connectivity index (χ0n) is 12.5. The third kappa shape index (κ3) is 3.88. The van der Waals surface area contributed by atoms with Crippen molar-refractivity contribution < 1.29 is 17.9 Å². The van der Waals surface area contributed by atoms with E-state index in [4.69, 9.17) is 16.3 Å². The highest BCUT2D eigenvalue weighted by Crippen LogP contribution is 2.34. The Bertz CT molecular complexity index is 720. The molecule has 2 aromatic rings. The van der Waals surface area contributed by atoms with Gasteiger partial charge in [0.25, 0.3) is 0 Å². The number of alkyl halides is 3. The van der Waals surface area contributed by atoms with Gasteiger partial charge in [-0.1, -0.05) is 11.6 Å². The van der Waals surface area contributed by atoms with Crippen molar-refractivity contribution in [3.63, 3.8) is 0 Å². The normalized spacial score (nSPS) is 15.4. The summed E-state index contributed by atoms with van der Waals surface area (Å²) < 4.78 is 43.8. The molecule has 3 rings (SSSR count). The number of nitrogens with one attached hydrogen (secondary N) is 1. The molecular formula is C15H14ClF3N4O. The second-order valence-corrected chi connectivity index (χ2v) is 5.57. The average Bonchev–Trinajstić information content (AvgIpc) is 2.57. The van der Waals surface area contributed by atoms with Crippen molar-refractivity contribution in [2.45, 2.75) is 6.18 Å². The fourth-order valence-corrected chi connectivity index (χ4v) is 2.43. The minimum Gasteiger partial charge on any atom is -0.378 e. The van der Waals surface area contributed by atoms with Crippen molar-refractivity contribution in [2.24, 2.45) is 0 Å². The third-order valence-electron chi connectivity index (χ3n) is 3.49. The molecule has 1 aliphatic rings. The van der Waals surface area contributed by atoms with Gasteiger partial charge in [-0.25, -0.2) is 4.98 Å². The SMILES string of the molecule is FC(F)(F)c1ccc(Cl)c(Nc2ccnc(N3CCOCC3)n2)c1. The predicted octanol–water partition coefficient (Wildman–Crippen LogP) is 3.73. The number of hydrogen-bond acceptors (Lipinski definition) is 5. The number of aromatic nitrogens is 2. The van der Waals surface area contributed by atoms with Gasteiger partial charge >= 0.3 is 6.18 Å². The van der Waals surface area contributed by atoms with E-state index in [0.29, 0.717) is 38.1 Å². The van der Waals surface area contributed by atoms with Crippen LogP contribution in [0.1, 0.15) is 5.56 Å². The molecule has 24 heavy (non-hydrogen) atoms. The monoisotopic (exact) mass is 358 g/mol. The maximum absolute atomic E-state index is 12.8. The molecule has 9 heteroatoms. The molecule has 1 fully saturated rings. The van der Waals surface area contributed by atoms with Crippen LogP contribution in [0.3, 0.4) is 0 Å². The zero-order valence-corrected chi connectivity index (χ0v) is 13.2. The van der Waals surface area contributed by atoms with Crippen LogP contribution >= 0.6 is 11.6 Å². The van der Waals surface area contributed by atoms with Crippen LogP contribution in [-0.4, -0.2) is 36.3 Å². The topological polar surface area (TPSA) is 50.3 Å². The van der Waals surface area contributed by atoms with E-state index in [0.717, 1.165) is 12.1 Å². The van der Waals surface area contributed by atoms with E-state index in [1.807, 2.05) is 4.90 Å². The van der Waals surface area contributed by atoms with E-state index in [2.05, 4.69) is 15.3 Å². The number of nitrogens with zero attached hydrogens (tertiary/aromatic N) is 3. The van der Waals surface area contributed by atoms with Crippen LogP contribution in [0.25, 0.3) is 0 Å². The molecule has 1 aliphatic heterocycles. The first-order valence-corrected chi connectivity index (χ1v) is 7.61. The molecular weight excluding hydrogens is 345 g/mol. The summed E-state index contributed by atoms with van der Waals surface area (Å²) in [5.41, 5.74) is -0.644. The van der Waals surface area contributed by atoms with E-state index in [1.165, 1.54) is 6.07 Å². The predicted molar refractivity (Wildman–Crippen MR) is 84.8 cm³/mol. The Labute approximate surface area is 141 Å². The highest BCUT2D eigenvalue weighted by atomic mass is 35.5. The van der Waals surface area contributed by atoms with Crippen molar-refractivity contribution in [3.8, 4) is 0 Å². The number of morpholine rings is 1. The fraction of sp³-hybridized carbons (Fsp3) is 0.333. The quantitative estimate of drug-likeness (QED) is 0.906. The highest BCUT2D eigenvalue weighted by molar-refractivity contribution is 6.33. The van der Waals surface area contributed by atoms with E-state index >= 15 is 0 Å². The molecule has 1 saturated heterocycles. The lowest BCUT2D eigenvalue weighted by Gasteiger charge is -2.26. The first-order valence-electron chi connectivity index (χ1n) is 7.23. The molecule has 0 radical (unpaired) electrons. The summed E-state index contributed by atoms with van der Waals surface area (Å²) in [5.74, 6) is 0.860. The Kier molecular flexibility index (Phi) is 4.77.